The molecule has 26 heavy (non-hydrogen) atoms. The molecule has 1 aliphatic carbocycles. The highest BCUT2D eigenvalue weighted by Gasteiger charge is 2.42. The predicted octanol–water partition coefficient (Wildman–Crippen LogP) is 4.42. The molecule has 0 spiro atoms. The Balaban J connectivity index is 1.29. The molecule has 1 saturated carbocycles. The van der Waals surface area contributed by atoms with Crippen molar-refractivity contribution in [3.63, 3.8) is 0 Å². The predicted molar refractivity (Wildman–Crippen MR) is 100.0 cm³/mol. The van der Waals surface area contributed by atoms with Gasteiger partial charge < -0.3 is 14.7 Å². The molecule has 0 aromatic heterocycles. The Bertz CT molecular complexity index is 734. The topological polar surface area (TPSA) is 32.7 Å². The summed E-state index contributed by atoms with van der Waals surface area (Å²) in [5, 5.41) is 9.43. The number of aromatic hydroxyl groups is 1. The number of para-hydroxylation sites is 1. The van der Waals surface area contributed by atoms with Crippen molar-refractivity contribution in [2.45, 2.75) is 31.8 Å². The number of phenols is 1. The van der Waals surface area contributed by atoms with E-state index >= 15 is 0 Å². The van der Waals surface area contributed by atoms with Gasteiger partial charge in [0.25, 0.3) is 0 Å². The summed E-state index contributed by atoms with van der Waals surface area (Å²) in [6.07, 6.45) is 2.17. The van der Waals surface area contributed by atoms with Crippen molar-refractivity contribution in [1.82, 2.24) is 4.90 Å². The van der Waals surface area contributed by atoms with Gasteiger partial charge in [0.15, 0.2) is 11.6 Å². The molecule has 0 amide bonds. The number of halogens is 1. The number of hydrogen-bond acceptors (Lipinski definition) is 3. The van der Waals surface area contributed by atoms with Crippen molar-refractivity contribution in [3.05, 3.63) is 59.9 Å². The van der Waals surface area contributed by atoms with Gasteiger partial charge in [0, 0.05) is 19.6 Å². The Morgan fingerprint density at radius 3 is 2.38 bits per heavy atom. The summed E-state index contributed by atoms with van der Waals surface area (Å²) >= 11 is 0. The van der Waals surface area contributed by atoms with E-state index in [1.165, 1.54) is 11.6 Å². The van der Waals surface area contributed by atoms with Gasteiger partial charge in [-0.2, -0.15) is 0 Å². The van der Waals surface area contributed by atoms with Crippen molar-refractivity contribution in [3.8, 4) is 11.5 Å². The number of benzene rings is 2. The van der Waals surface area contributed by atoms with Crippen LogP contribution < -0.4 is 4.74 Å². The highest BCUT2D eigenvalue weighted by molar-refractivity contribution is 5.28. The largest absolute Gasteiger partial charge is 0.508 e. The maximum absolute atomic E-state index is 13.8. The van der Waals surface area contributed by atoms with E-state index < -0.39 is 0 Å². The van der Waals surface area contributed by atoms with Gasteiger partial charge in [-0.25, -0.2) is 4.39 Å². The zero-order valence-corrected chi connectivity index (χ0v) is 15.1. The third kappa shape index (κ3) is 3.70. The Hall–Kier alpha value is -2.07. The lowest BCUT2D eigenvalue weighted by Crippen LogP contribution is -2.28. The summed E-state index contributed by atoms with van der Waals surface area (Å²) in [6.45, 7) is 5.48. The van der Waals surface area contributed by atoms with E-state index in [9.17, 15) is 9.50 Å². The lowest BCUT2D eigenvalue weighted by atomic mass is 10.0. The average Bonchev–Trinajstić information content (AvgIpc) is 3.15. The van der Waals surface area contributed by atoms with Gasteiger partial charge in [0.2, 0.25) is 0 Å². The first-order chi connectivity index (χ1) is 12.6. The second-order valence-corrected chi connectivity index (χ2v) is 7.87. The highest BCUT2D eigenvalue weighted by atomic mass is 19.1. The monoisotopic (exact) mass is 355 g/mol. The second-order valence-electron chi connectivity index (χ2n) is 7.87. The second kappa shape index (κ2) is 7.28. The third-order valence-electron chi connectivity index (χ3n) is 5.91. The van der Waals surface area contributed by atoms with Gasteiger partial charge in [-0.05, 0) is 60.4 Å². The fourth-order valence-corrected chi connectivity index (χ4v) is 4.60. The lowest BCUT2D eigenvalue weighted by molar-refractivity contribution is 0.177. The van der Waals surface area contributed by atoms with E-state index in [-0.39, 0.29) is 11.9 Å². The summed E-state index contributed by atoms with van der Waals surface area (Å²) < 4.78 is 19.7. The van der Waals surface area contributed by atoms with Crippen LogP contribution in [0.25, 0.3) is 0 Å². The van der Waals surface area contributed by atoms with Gasteiger partial charge >= 0.3 is 0 Å². The number of hydrogen-bond donors (Lipinski definition) is 1. The minimum Gasteiger partial charge on any atom is -0.508 e. The molecule has 3 nitrogen and oxygen atoms in total. The summed E-state index contributed by atoms with van der Waals surface area (Å²) in [5.41, 5.74) is 1.26. The Morgan fingerprint density at radius 2 is 1.73 bits per heavy atom. The van der Waals surface area contributed by atoms with Crippen LogP contribution in [0.2, 0.25) is 0 Å². The van der Waals surface area contributed by atoms with Crippen LogP contribution in [0.4, 0.5) is 4.39 Å². The van der Waals surface area contributed by atoms with Crippen molar-refractivity contribution in [1.29, 1.82) is 0 Å². The fourth-order valence-electron chi connectivity index (χ4n) is 4.60. The standard InChI is InChI=1S/C22H26FNO2/c1-15(16-6-8-19(25)9-7-16)12-24-13-17-10-20(11-18(17)14-24)26-22-5-3-2-4-21(22)23/h2-9,15,17-18,20,25H,10-14H2,1H3/t15?,17-,18+,20?. The highest BCUT2D eigenvalue weighted by Crippen LogP contribution is 2.40. The van der Waals surface area contributed by atoms with E-state index in [1.807, 2.05) is 18.2 Å². The van der Waals surface area contributed by atoms with Gasteiger partial charge in [0.1, 0.15) is 5.75 Å². The van der Waals surface area contributed by atoms with Crippen molar-refractivity contribution >= 4 is 0 Å². The van der Waals surface area contributed by atoms with Gasteiger partial charge in [-0.15, -0.1) is 0 Å². The molecule has 1 saturated heterocycles. The molecular formula is C22H26FNO2. The van der Waals surface area contributed by atoms with Gasteiger partial charge in [0.05, 0.1) is 6.10 Å². The van der Waals surface area contributed by atoms with E-state index in [4.69, 9.17) is 4.74 Å². The van der Waals surface area contributed by atoms with Gasteiger partial charge in [-0.1, -0.05) is 31.2 Å². The van der Waals surface area contributed by atoms with Crippen molar-refractivity contribution in [2.24, 2.45) is 11.8 Å². The van der Waals surface area contributed by atoms with E-state index in [0.717, 1.165) is 32.5 Å². The van der Waals surface area contributed by atoms with Crippen LogP contribution in [0.3, 0.4) is 0 Å². The quantitative estimate of drug-likeness (QED) is 0.861. The smallest absolute Gasteiger partial charge is 0.165 e. The number of nitrogens with zero attached hydrogens (tertiary/aromatic N) is 1. The van der Waals surface area contributed by atoms with Crippen LogP contribution in [0.5, 0.6) is 11.5 Å². The van der Waals surface area contributed by atoms with Crippen LogP contribution >= 0.6 is 0 Å². The molecular weight excluding hydrogens is 329 g/mol. The lowest BCUT2D eigenvalue weighted by Gasteiger charge is -2.23. The molecule has 4 rings (SSSR count). The van der Waals surface area contributed by atoms with Crippen LogP contribution in [0.1, 0.15) is 31.2 Å². The SMILES string of the molecule is CC(CN1C[C@H]2CC(Oc3ccccc3F)C[C@H]2C1)c1ccc(O)cc1. The molecule has 2 aliphatic rings. The summed E-state index contributed by atoms with van der Waals surface area (Å²) in [7, 11) is 0. The molecule has 2 fully saturated rings. The number of phenolic OH excluding ortho intramolecular Hbond substituents is 1. The molecule has 2 aromatic rings. The summed E-state index contributed by atoms with van der Waals surface area (Å²) in [6, 6.07) is 14.2. The number of ether oxygens (including phenoxy) is 1. The van der Waals surface area contributed by atoms with Crippen LogP contribution in [0.15, 0.2) is 48.5 Å². The molecule has 0 radical (unpaired) electrons. The van der Waals surface area contributed by atoms with E-state index in [2.05, 4.69) is 11.8 Å². The Labute approximate surface area is 154 Å². The average molecular weight is 355 g/mol. The molecule has 4 heteroatoms. The molecule has 4 atom stereocenters. The number of fused-ring (bicyclic) bond motifs is 1. The number of rotatable bonds is 5. The van der Waals surface area contributed by atoms with Crippen LogP contribution in [0, 0.1) is 17.7 Å². The fraction of sp³-hybridized carbons (Fsp3) is 0.455. The van der Waals surface area contributed by atoms with Crippen LogP contribution in [-0.4, -0.2) is 35.7 Å². The Kier molecular flexibility index (Phi) is 4.86. The van der Waals surface area contributed by atoms with Gasteiger partial charge in [-0.3, -0.25) is 0 Å². The maximum Gasteiger partial charge on any atom is 0.165 e. The van der Waals surface area contributed by atoms with Crippen molar-refractivity contribution in [2.75, 3.05) is 19.6 Å². The first kappa shape index (κ1) is 17.3. The van der Waals surface area contributed by atoms with E-state index in [1.54, 1.807) is 24.3 Å². The summed E-state index contributed by atoms with van der Waals surface area (Å²) in [5.74, 6) is 2.18. The molecule has 1 N–H and O–H groups in total. The van der Waals surface area contributed by atoms with Crippen LogP contribution in [-0.2, 0) is 0 Å². The molecule has 1 heterocycles. The zero-order chi connectivity index (χ0) is 18.1. The molecule has 1 aliphatic heterocycles. The summed E-state index contributed by atoms with van der Waals surface area (Å²) in [4.78, 5) is 2.55. The first-order valence-electron chi connectivity index (χ1n) is 9.51. The zero-order valence-electron chi connectivity index (χ0n) is 15.1. The molecule has 2 unspecified atom stereocenters. The molecule has 2 aromatic carbocycles. The first-order valence-corrected chi connectivity index (χ1v) is 9.51. The Morgan fingerprint density at radius 1 is 1.08 bits per heavy atom. The molecule has 0 bridgehead atoms. The normalized spacial score (nSPS) is 26.6. The molecule has 138 valence electrons. The maximum atomic E-state index is 13.8. The number of likely N-dealkylation sites (tertiary alicyclic amines) is 1. The third-order valence-corrected chi connectivity index (χ3v) is 5.91. The van der Waals surface area contributed by atoms with E-state index in [0.29, 0.717) is 29.3 Å². The minimum absolute atomic E-state index is 0.138. The minimum atomic E-state index is -0.270. The van der Waals surface area contributed by atoms with Crippen molar-refractivity contribution < 1.29 is 14.2 Å².